The molecule has 0 bridgehead atoms. The number of rotatable bonds is 7. The zero-order valence-corrected chi connectivity index (χ0v) is 19.1. The van der Waals surface area contributed by atoms with Gasteiger partial charge in [-0.25, -0.2) is 0 Å². The molecule has 0 aliphatic carbocycles. The second-order valence-electron chi connectivity index (χ2n) is 7.50. The van der Waals surface area contributed by atoms with Crippen LogP contribution in [0.25, 0.3) is 0 Å². The first-order chi connectivity index (χ1) is 16.0. The van der Waals surface area contributed by atoms with E-state index in [2.05, 4.69) is 16.2 Å². The number of ether oxygens (including phenoxy) is 2. The summed E-state index contributed by atoms with van der Waals surface area (Å²) in [5, 5.41) is 3.29. The standard InChI is InChI=1S/C25H23N3O4S/c1-4-12-33-25-27-24(30)22-18(14-21(29)26-23(22)28(25)2)17-10-11-19(20(13-17)31-3)32-15-16-8-6-5-7-9-16/h1,5-11,13,18H,12,14-15H2,2-3H3,(H,26,29). The number of carbonyl (C=O) groups is 1. The van der Waals surface area contributed by atoms with E-state index in [4.69, 9.17) is 15.9 Å². The van der Waals surface area contributed by atoms with Crippen molar-refractivity contribution in [3.05, 3.63) is 75.6 Å². The number of amides is 1. The Morgan fingerprint density at radius 1 is 1.21 bits per heavy atom. The lowest BCUT2D eigenvalue weighted by atomic mass is 9.86. The summed E-state index contributed by atoms with van der Waals surface area (Å²) in [6.07, 6.45) is 5.47. The summed E-state index contributed by atoms with van der Waals surface area (Å²) in [5.41, 5.74) is 1.88. The molecule has 1 aliphatic heterocycles. The van der Waals surface area contributed by atoms with Crippen molar-refractivity contribution in [1.82, 2.24) is 9.55 Å². The van der Waals surface area contributed by atoms with Crippen molar-refractivity contribution in [1.29, 1.82) is 0 Å². The lowest BCUT2D eigenvalue weighted by Gasteiger charge is -2.27. The topological polar surface area (TPSA) is 82.5 Å². The van der Waals surface area contributed by atoms with Crippen LogP contribution in [0.2, 0.25) is 0 Å². The number of thioether (sulfide) groups is 1. The van der Waals surface area contributed by atoms with Crippen molar-refractivity contribution in [2.45, 2.75) is 24.1 Å². The molecule has 1 aliphatic rings. The quantitative estimate of drug-likeness (QED) is 0.329. The Kier molecular flexibility index (Phi) is 6.71. The smallest absolute Gasteiger partial charge is 0.279 e. The minimum absolute atomic E-state index is 0.133. The van der Waals surface area contributed by atoms with Gasteiger partial charge in [0.25, 0.3) is 5.56 Å². The van der Waals surface area contributed by atoms with Gasteiger partial charge in [-0.3, -0.25) is 9.59 Å². The molecule has 168 valence electrons. The third-order valence-electron chi connectivity index (χ3n) is 5.41. The van der Waals surface area contributed by atoms with Crippen LogP contribution in [0, 0.1) is 12.3 Å². The minimum Gasteiger partial charge on any atom is -0.493 e. The number of carbonyl (C=O) groups excluding carboxylic acids is 1. The van der Waals surface area contributed by atoms with Crippen LogP contribution in [0.5, 0.6) is 11.5 Å². The fourth-order valence-corrected chi connectivity index (χ4v) is 4.46. The van der Waals surface area contributed by atoms with Crippen LogP contribution < -0.4 is 20.3 Å². The summed E-state index contributed by atoms with van der Waals surface area (Å²) in [6, 6.07) is 15.3. The first kappa shape index (κ1) is 22.5. The average Bonchev–Trinajstić information content (AvgIpc) is 2.84. The molecule has 0 saturated heterocycles. The normalized spacial score (nSPS) is 14.7. The van der Waals surface area contributed by atoms with Crippen LogP contribution >= 0.6 is 11.8 Å². The number of anilines is 1. The maximum atomic E-state index is 13.0. The van der Waals surface area contributed by atoms with Crippen molar-refractivity contribution < 1.29 is 14.3 Å². The first-order valence-electron chi connectivity index (χ1n) is 10.3. The number of nitrogens with zero attached hydrogens (tertiary/aromatic N) is 2. The zero-order chi connectivity index (χ0) is 23.4. The highest BCUT2D eigenvalue weighted by Gasteiger charge is 2.32. The third kappa shape index (κ3) is 4.73. The third-order valence-corrected chi connectivity index (χ3v) is 6.35. The summed E-state index contributed by atoms with van der Waals surface area (Å²) < 4.78 is 13.2. The molecule has 2 heterocycles. The Hall–Kier alpha value is -3.70. The number of terminal acetylenes is 1. The molecule has 4 rings (SSSR count). The van der Waals surface area contributed by atoms with E-state index in [0.717, 1.165) is 11.1 Å². The molecule has 1 N–H and O–H groups in total. The molecule has 8 heteroatoms. The van der Waals surface area contributed by atoms with Gasteiger partial charge >= 0.3 is 0 Å². The molecule has 1 amide bonds. The second-order valence-corrected chi connectivity index (χ2v) is 8.45. The highest BCUT2D eigenvalue weighted by Crippen LogP contribution is 2.39. The van der Waals surface area contributed by atoms with Crippen LogP contribution in [-0.2, 0) is 18.4 Å². The Labute approximate surface area is 196 Å². The van der Waals surface area contributed by atoms with Gasteiger partial charge in [0.05, 0.1) is 18.4 Å². The average molecular weight is 462 g/mol. The number of benzene rings is 2. The monoisotopic (exact) mass is 461 g/mol. The zero-order valence-electron chi connectivity index (χ0n) is 18.3. The maximum absolute atomic E-state index is 13.0. The van der Waals surface area contributed by atoms with E-state index in [9.17, 15) is 9.59 Å². The highest BCUT2D eigenvalue weighted by molar-refractivity contribution is 7.99. The molecule has 0 spiro atoms. The van der Waals surface area contributed by atoms with Gasteiger partial charge in [-0.05, 0) is 23.3 Å². The fourth-order valence-electron chi connectivity index (χ4n) is 3.81. The number of nitrogens with one attached hydrogen (secondary N) is 1. The highest BCUT2D eigenvalue weighted by atomic mass is 32.2. The van der Waals surface area contributed by atoms with Gasteiger partial charge in [0.15, 0.2) is 16.7 Å². The minimum atomic E-state index is -0.455. The van der Waals surface area contributed by atoms with Crippen LogP contribution in [0.1, 0.15) is 29.0 Å². The predicted octanol–water partition coefficient (Wildman–Crippen LogP) is 3.57. The van der Waals surface area contributed by atoms with Crippen molar-refractivity contribution in [3.63, 3.8) is 0 Å². The number of methoxy groups -OCH3 is 1. The lowest BCUT2D eigenvalue weighted by Crippen LogP contribution is -2.33. The van der Waals surface area contributed by atoms with E-state index in [1.54, 1.807) is 24.8 Å². The van der Waals surface area contributed by atoms with Gasteiger partial charge in [-0.2, -0.15) is 4.98 Å². The van der Waals surface area contributed by atoms with Crippen molar-refractivity contribution in [2.24, 2.45) is 7.05 Å². The summed E-state index contributed by atoms with van der Waals surface area (Å²) in [4.78, 5) is 29.7. The van der Waals surface area contributed by atoms with Gasteiger partial charge in [0.1, 0.15) is 12.4 Å². The van der Waals surface area contributed by atoms with E-state index >= 15 is 0 Å². The van der Waals surface area contributed by atoms with Crippen LogP contribution in [0.3, 0.4) is 0 Å². The molecular weight excluding hydrogens is 438 g/mol. The fraction of sp³-hybridized carbons (Fsp3) is 0.240. The van der Waals surface area contributed by atoms with Crippen LogP contribution in [-0.4, -0.2) is 28.3 Å². The molecule has 0 fully saturated rings. The van der Waals surface area contributed by atoms with Gasteiger partial charge in [0.2, 0.25) is 5.91 Å². The van der Waals surface area contributed by atoms with E-state index in [1.807, 2.05) is 42.5 Å². The Bertz CT molecular complexity index is 1280. The van der Waals surface area contributed by atoms with Crippen LogP contribution in [0.4, 0.5) is 5.82 Å². The number of hydrogen-bond donors (Lipinski definition) is 1. The van der Waals surface area contributed by atoms with Gasteiger partial charge in [0, 0.05) is 19.4 Å². The number of aromatic nitrogens is 2. The summed E-state index contributed by atoms with van der Waals surface area (Å²) in [7, 11) is 3.32. The summed E-state index contributed by atoms with van der Waals surface area (Å²) >= 11 is 1.27. The Balaban J connectivity index is 1.68. The van der Waals surface area contributed by atoms with Gasteiger partial charge in [-0.1, -0.05) is 54.1 Å². The molecule has 0 radical (unpaired) electrons. The number of fused-ring (bicyclic) bond motifs is 1. The maximum Gasteiger partial charge on any atom is 0.279 e. The van der Waals surface area contributed by atoms with Gasteiger partial charge < -0.3 is 19.4 Å². The largest absolute Gasteiger partial charge is 0.493 e. The molecule has 0 saturated carbocycles. The first-order valence-corrected chi connectivity index (χ1v) is 11.3. The Morgan fingerprint density at radius 3 is 2.73 bits per heavy atom. The lowest BCUT2D eigenvalue weighted by molar-refractivity contribution is -0.116. The van der Waals surface area contributed by atoms with E-state index in [-0.39, 0.29) is 17.9 Å². The Morgan fingerprint density at radius 2 is 2.00 bits per heavy atom. The van der Waals surface area contributed by atoms with E-state index in [1.165, 1.54) is 11.8 Å². The second kappa shape index (κ2) is 9.84. The molecular formula is C25H23N3O4S. The molecule has 7 nitrogen and oxygen atoms in total. The van der Waals surface area contributed by atoms with Crippen molar-refractivity contribution >= 4 is 23.5 Å². The number of hydrogen-bond acceptors (Lipinski definition) is 6. The van der Waals surface area contributed by atoms with E-state index in [0.29, 0.717) is 40.4 Å². The van der Waals surface area contributed by atoms with E-state index < -0.39 is 5.92 Å². The van der Waals surface area contributed by atoms with Crippen LogP contribution in [0.15, 0.2) is 58.5 Å². The molecule has 1 unspecified atom stereocenters. The summed E-state index contributed by atoms with van der Waals surface area (Å²) in [6.45, 7) is 0.397. The molecule has 33 heavy (non-hydrogen) atoms. The van der Waals surface area contributed by atoms with Crippen molar-refractivity contribution in [2.75, 3.05) is 18.2 Å². The predicted molar refractivity (Wildman–Crippen MR) is 128 cm³/mol. The molecule has 1 atom stereocenters. The van der Waals surface area contributed by atoms with Crippen molar-refractivity contribution in [3.8, 4) is 23.8 Å². The SMILES string of the molecule is C#CCSc1nc(=O)c2c(n1C)NC(=O)CC2c1ccc(OCc2ccccc2)c(OC)c1. The molecule has 1 aromatic heterocycles. The molecule has 2 aromatic carbocycles. The summed E-state index contributed by atoms with van der Waals surface area (Å²) in [5.74, 6) is 3.82. The molecule has 3 aromatic rings. The van der Waals surface area contributed by atoms with Gasteiger partial charge in [-0.15, -0.1) is 6.42 Å².